The molecule has 0 bridgehead atoms. The zero-order chi connectivity index (χ0) is 16.2. The predicted molar refractivity (Wildman–Crippen MR) is 90.9 cm³/mol. The minimum atomic E-state index is -0.356. The van der Waals surface area contributed by atoms with Gasteiger partial charge in [0, 0.05) is 25.0 Å². The van der Waals surface area contributed by atoms with Crippen molar-refractivity contribution in [3.8, 4) is 5.69 Å². The molecule has 0 atom stereocenters. The lowest BCUT2D eigenvalue weighted by atomic mass is 10.1. The Balaban J connectivity index is 1.85. The first kappa shape index (κ1) is 14.8. The molecule has 1 N–H and O–H groups in total. The Bertz CT molecular complexity index is 826. The number of nitrogens with one attached hydrogen (secondary N) is 1. The van der Waals surface area contributed by atoms with Gasteiger partial charge in [-0.25, -0.2) is 0 Å². The maximum atomic E-state index is 11.4. The maximum Gasteiger partial charge on any atom is 0.294 e. The molecule has 2 aromatic carbocycles. The normalized spacial score (nSPS) is 10.5. The van der Waals surface area contributed by atoms with Crippen LogP contribution in [0.1, 0.15) is 11.1 Å². The van der Waals surface area contributed by atoms with Crippen LogP contribution in [-0.4, -0.2) is 9.49 Å². The third-order valence-electron chi connectivity index (χ3n) is 3.65. The SMILES string of the molecule is Cc1cccc(CNc2ccc(-n3cccc3)cc2[N+](=O)[O-])c1. The highest BCUT2D eigenvalue weighted by molar-refractivity contribution is 5.65. The van der Waals surface area contributed by atoms with Crippen molar-refractivity contribution in [2.24, 2.45) is 0 Å². The molecule has 0 saturated heterocycles. The van der Waals surface area contributed by atoms with Crippen LogP contribution in [0.15, 0.2) is 67.0 Å². The number of rotatable bonds is 5. The Hall–Kier alpha value is -3.08. The van der Waals surface area contributed by atoms with Crippen molar-refractivity contribution in [3.05, 3.63) is 88.2 Å². The number of anilines is 1. The van der Waals surface area contributed by atoms with Crippen LogP contribution in [0.4, 0.5) is 11.4 Å². The molecule has 0 spiro atoms. The van der Waals surface area contributed by atoms with Gasteiger partial charge >= 0.3 is 0 Å². The number of aromatic nitrogens is 1. The van der Waals surface area contributed by atoms with Crippen LogP contribution in [-0.2, 0) is 6.54 Å². The summed E-state index contributed by atoms with van der Waals surface area (Å²) in [6, 6.07) is 17.0. The van der Waals surface area contributed by atoms with Crippen molar-refractivity contribution in [1.82, 2.24) is 4.57 Å². The van der Waals surface area contributed by atoms with E-state index in [1.165, 1.54) is 5.56 Å². The molecule has 0 saturated carbocycles. The Kier molecular flexibility index (Phi) is 4.10. The van der Waals surface area contributed by atoms with E-state index in [2.05, 4.69) is 11.4 Å². The summed E-state index contributed by atoms with van der Waals surface area (Å²) in [7, 11) is 0. The Labute approximate surface area is 134 Å². The van der Waals surface area contributed by atoms with Crippen molar-refractivity contribution in [2.75, 3.05) is 5.32 Å². The average Bonchev–Trinajstić information content (AvgIpc) is 3.07. The van der Waals surface area contributed by atoms with Crippen molar-refractivity contribution >= 4 is 11.4 Å². The van der Waals surface area contributed by atoms with Gasteiger partial charge in [-0.05, 0) is 36.8 Å². The van der Waals surface area contributed by atoms with Gasteiger partial charge < -0.3 is 9.88 Å². The predicted octanol–water partition coefficient (Wildman–Crippen LogP) is 4.31. The summed E-state index contributed by atoms with van der Waals surface area (Å²) in [5.74, 6) is 0. The van der Waals surface area contributed by atoms with E-state index in [0.29, 0.717) is 12.2 Å². The minimum Gasteiger partial charge on any atom is -0.375 e. The molecule has 0 amide bonds. The highest BCUT2D eigenvalue weighted by atomic mass is 16.6. The minimum absolute atomic E-state index is 0.0730. The first-order valence-corrected chi connectivity index (χ1v) is 7.35. The molecule has 5 heteroatoms. The first-order chi connectivity index (χ1) is 11.1. The lowest BCUT2D eigenvalue weighted by Crippen LogP contribution is -2.04. The van der Waals surface area contributed by atoms with E-state index in [0.717, 1.165) is 11.3 Å². The number of nitrogens with zero attached hydrogens (tertiary/aromatic N) is 2. The Morgan fingerprint density at radius 1 is 1.09 bits per heavy atom. The summed E-state index contributed by atoms with van der Waals surface area (Å²) < 4.78 is 1.84. The molecule has 0 fully saturated rings. The van der Waals surface area contributed by atoms with E-state index in [1.54, 1.807) is 12.1 Å². The molecule has 0 aliphatic carbocycles. The molecule has 1 heterocycles. The third-order valence-corrected chi connectivity index (χ3v) is 3.65. The van der Waals surface area contributed by atoms with Gasteiger partial charge in [-0.3, -0.25) is 10.1 Å². The van der Waals surface area contributed by atoms with Crippen LogP contribution in [0, 0.1) is 17.0 Å². The number of hydrogen-bond acceptors (Lipinski definition) is 3. The van der Waals surface area contributed by atoms with Gasteiger partial charge in [0.15, 0.2) is 0 Å². The van der Waals surface area contributed by atoms with Crippen molar-refractivity contribution in [2.45, 2.75) is 13.5 Å². The fourth-order valence-electron chi connectivity index (χ4n) is 2.51. The summed E-state index contributed by atoms with van der Waals surface area (Å²) in [5, 5.41) is 14.5. The fraction of sp³-hybridized carbons (Fsp3) is 0.111. The highest BCUT2D eigenvalue weighted by Crippen LogP contribution is 2.27. The van der Waals surface area contributed by atoms with Crippen LogP contribution >= 0.6 is 0 Å². The lowest BCUT2D eigenvalue weighted by molar-refractivity contribution is -0.383. The summed E-state index contributed by atoms with van der Waals surface area (Å²) >= 11 is 0. The average molecular weight is 307 g/mol. The molecule has 1 aromatic heterocycles. The number of aryl methyl sites for hydroxylation is 1. The van der Waals surface area contributed by atoms with Gasteiger partial charge in [-0.15, -0.1) is 0 Å². The molecule has 0 radical (unpaired) electrons. The molecule has 5 nitrogen and oxygen atoms in total. The topological polar surface area (TPSA) is 60.1 Å². The smallest absolute Gasteiger partial charge is 0.294 e. The van der Waals surface area contributed by atoms with E-state index in [9.17, 15) is 10.1 Å². The Morgan fingerprint density at radius 2 is 1.87 bits per heavy atom. The van der Waals surface area contributed by atoms with Crippen molar-refractivity contribution < 1.29 is 4.92 Å². The summed E-state index contributed by atoms with van der Waals surface area (Å²) in [4.78, 5) is 11.0. The second kappa shape index (κ2) is 6.36. The molecule has 0 aliphatic heterocycles. The Morgan fingerprint density at radius 3 is 2.57 bits per heavy atom. The van der Waals surface area contributed by atoms with Gasteiger partial charge in [-0.1, -0.05) is 29.8 Å². The second-order valence-electron chi connectivity index (χ2n) is 5.39. The van der Waals surface area contributed by atoms with E-state index in [4.69, 9.17) is 0 Å². The molecule has 3 rings (SSSR count). The molecular weight excluding hydrogens is 290 g/mol. The fourth-order valence-corrected chi connectivity index (χ4v) is 2.51. The van der Waals surface area contributed by atoms with E-state index < -0.39 is 0 Å². The maximum absolute atomic E-state index is 11.4. The van der Waals surface area contributed by atoms with Gasteiger partial charge in [0.2, 0.25) is 0 Å². The van der Waals surface area contributed by atoms with E-state index >= 15 is 0 Å². The standard InChI is InChI=1S/C18H17N3O2/c1-14-5-4-6-15(11-14)13-19-17-8-7-16(12-18(17)21(22)23)20-9-2-3-10-20/h2-12,19H,13H2,1H3. The summed E-state index contributed by atoms with van der Waals surface area (Å²) in [6.45, 7) is 2.57. The number of nitro groups is 1. The number of benzene rings is 2. The quantitative estimate of drug-likeness (QED) is 0.564. The van der Waals surface area contributed by atoms with Crippen LogP contribution in [0.2, 0.25) is 0 Å². The van der Waals surface area contributed by atoms with E-state index in [1.807, 2.05) is 60.3 Å². The van der Waals surface area contributed by atoms with Crippen LogP contribution in [0.25, 0.3) is 5.69 Å². The highest BCUT2D eigenvalue weighted by Gasteiger charge is 2.15. The monoisotopic (exact) mass is 307 g/mol. The number of hydrogen-bond donors (Lipinski definition) is 1. The van der Waals surface area contributed by atoms with Crippen LogP contribution in [0.5, 0.6) is 0 Å². The molecule has 116 valence electrons. The zero-order valence-corrected chi connectivity index (χ0v) is 12.8. The molecule has 23 heavy (non-hydrogen) atoms. The van der Waals surface area contributed by atoms with E-state index in [-0.39, 0.29) is 10.6 Å². The molecule has 0 unspecified atom stereocenters. The largest absolute Gasteiger partial charge is 0.375 e. The van der Waals surface area contributed by atoms with Gasteiger partial charge in [0.1, 0.15) is 5.69 Å². The lowest BCUT2D eigenvalue weighted by Gasteiger charge is -2.10. The van der Waals surface area contributed by atoms with Crippen LogP contribution in [0.3, 0.4) is 0 Å². The molecular formula is C18H17N3O2. The van der Waals surface area contributed by atoms with Crippen LogP contribution < -0.4 is 5.32 Å². The van der Waals surface area contributed by atoms with Crippen molar-refractivity contribution in [1.29, 1.82) is 0 Å². The number of nitro benzene ring substituents is 1. The summed E-state index contributed by atoms with van der Waals surface area (Å²) in [6.07, 6.45) is 3.72. The first-order valence-electron chi connectivity index (χ1n) is 7.35. The van der Waals surface area contributed by atoms with Gasteiger partial charge in [0.25, 0.3) is 5.69 Å². The molecule has 0 aliphatic rings. The molecule has 3 aromatic rings. The van der Waals surface area contributed by atoms with Gasteiger partial charge in [-0.2, -0.15) is 0 Å². The second-order valence-corrected chi connectivity index (χ2v) is 5.39. The third kappa shape index (κ3) is 3.40. The summed E-state index contributed by atoms with van der Waals surface area (Å²) in [5.41, 5.74) is 3.62. The van der Waals surface area contributed by atoms with Gasteiger partial charge in [0.05, 0.1) is 10.6 Å². The zero-order valence-electron chi connectivity index (χ0n) is 12.8. The van der Waals surface area contributed by atoms with Crippen molar-refractivity contribution in [3.63, 3.8) is 0 Å².